The van der Waals surface area contributed by atoms with Crippen LogP contribution in [-0.2, 0) is 14.8 Å². The van der Waals surface area contributed by atoms with E-state index in [1.165, 1.54) is 12.1 Å². The van der Waals surface area contributed by atoms with Gasteiger partial charge in [0.2, 0.25) is 10.0 Å². The van der Waals surface area contributed by atoms with Crippen molar-refractivity contribution in [3.05, 3.63) is 28.3 Å². The van der Waals surface area contributed by atoms with Gasteiger partial charge in [-0.25, -0.2) is 13.1 Å². The number of benzene rings is 1. The van der Waals surface area contributed by atoms with Crippen molar-refractivity contribution in [3.8, 4) is 0 Å². The highest BCUT2D eigenvalue weighted by Gasteiger charge is 2.25. The highest BCUT2D eigenvalue weighted by Crippen LogP contribution is 2.31. The van der Waals surface area contributed by atoms with E-state index in [1.807, 2.05) is 19.0 Å². The number of anilines is 1. The van der Waals surface area contributed by atoms with Crippen LogP contribution in [0, 0.1) is 10.1 Å². The number of nitrogens with zero attached hydrogens (tertiary/aromatic N) is 2. The first kappa shape index (κ1) is 18.6. The Kier molecular flexibility index (Phi) is 6.10. The number of hydrogen-bond acceptors (Lipinski definition) is 6. The second-order valence-corrected chi connectivity index (χ2v) is 7.63. The van der Waals surface area contributed by atoms with Crippen LogP contribution in [0.15, 0.2) is 23.1 Å². The third kappa shape index (κ3) is 4.63. The molecular weight excluding hydrogens is 336 g/mol. The van der Waals surface area contributed by atoms with Crippen LogP contribution in [0.25, 0.3) is 0 Å². The van der Waals surface area contributed by atoms with E-state index in [4.69, 9.17) is 4.74 Å². The molecule has 2 rings (SSSR count). The Labute approximate surface area is 141 Å². The van der Waals surface area contributed by atoms with Gasteiger partial charge in [-0.1, -0.05) is 0 Å². The summed E-state index contributed by atoms with van der Waals surface area (Å²) < 4.78 is 32.3. The Morgan fingerprint density at radius 1 is 1.33 bits per heavy atom. The number of rotatable bonds is 7. The molecule has 1 aliphatic heterocycles. The number of ether oxygens (including phenoxy) is 1. The largest absolute Gasteiger partial charge is 0.378 e. The first-order valence-electron chi connectivity index (χ1n) is 7.71. The van der Waals surface area contributed by atoms with Crippen molar-refractivity contribution in [2.75, 3.05) is 58.4 Å². The molecule has 2 N–H and O–H groups in total. The highest BCUT2D eigenvalue weighted by atomic mass is 32.2. The van der Waals surface area contributed by atoms with Crippen LogP contribution in [0.2, 0.25) is 0 Å². The molecule has 0 aromatic heterocycles. The van der Waals surface area contributed by atoms with E-state index in [2.05, 4.69) is 4.72 Å². The summed E-state index contributed by atoms with van der Waals surface area (Å²) in [4.78, 5) is 13.7. The molecule has 134 valence electrons. The summed E-state index contributed by atoms with van der Waals surface area (Å²) in [6.45, 7) is 2.95. The van der Waals surface area contributed by atoms with Crippen LogP contribution in [0.4, 0.5) is 11.4 Å². The fraction of sp³-hybridized carbons (Fsp3) is 0.571. The van der Waals surface area contributed by atoms with Crippen molar-refractivity contribution in [3.63, 3.8) is 0 Å². The lowest BCUT2D eigenvalue weighted by molar-refractivity contribution is -0.856. The Balaban J connectivity index is 2.26. The number of likely N-dealkylation sites (N-methyl/N-ethyl adjacent to an activating group) is 1. The first-order chi connectivity index (χ1) is 11.3. The number of quaternary nitrogens is 1. The summed E-state index contributed by atoms with van der Waals surface area (Å²) in [5.41, 5.74) is 0.206. The summed E-state index contributed by atoms with van der Waals surface area (Å²) >= 11 is 0. The molecule has 1 aliphatic rings. The van der Waals surface area contributed by atoms with Crippen molar-refractivity contribution >= 4 is 21.4 Å². The molecule has 0 atom stereocenters. The van der Waals surface area contributed by atoms with Crippen LogP contribution in [0.3, 0.4) is 0 Å². The molecule has 0 spiro atoms. The van der Waals surface area contributed by atoms with Crippen molar-refractivity contribution in [2.45, 2.75) is 4.90 Å². The maximum Gasteiger partial charge on any atom is 0.293 e. The molecule has 10 heteroatoms. The van der Waals surface area contributed by atoms with Crippen molar-refractivity contribution in [2.24, 2.45) is 0 Å². The monoisotopic (exact) mass is 359 g/mol. The maximum atomic E-state index is 12.3. The molecule has 1 heterocycles. The lowest BCUT2D eigenvalue weighted by Crippen LogP contribution is -3.06. The van der Waals surface area contributed by atoms with Crippen molar-refractivity contribution < 1.29 is 23.0 Å². The van der Waals surface area contributed by atoms with Gasteiger partial charge in [0.1, 0.15) is 5.69 Å². The van der Waals surface area contributed by atoms with Crippen LogP contribution in [0.1, 0.15) is 0 Å². The van der Waals surface area contributed by atoms with Crippen molar-refractivity contribution in [1.82, 2.24) is 4.72 Å². The molecule has 1 saturated heterocycles. The molecule has 1 aromatic rings. The average molecular weight is 359 g/mol. The maximum absolute atomic E-state index is 12.3. The molecule has 0 radical (unpaired) electrons. The number of morpholine rings is 1. The zero-order chi connectivity index (χ0) is 17.7. The topological polar surface area (TPSA) is 106 Å². The second kappa shape index (κ2) is 7.88. The summed E-state index contributed by atoms with van der Waals surface area (Å²) in [5, 5.41) is 11.4. The summed E-state index contributed by atoms with van der Waals surface area (Å²) in [5.74, 6) is 0. The van der Waals surface area contributed by atoms with Crippen molar-refractivity contribution in [1.29, 1.82) is 0 Å². The Bertz CT molecular complexity index is 686. The second-order valence-electron chi connectivity index (χ2n) is 5.86. The number of nitro benzene ring substituents is 1. The molecule has 0 aliphatic carbocycles. The highest BCUT2D eigenvalue weighted by molar-refractivity contribution is 7.89. The third-order valence-electron chi connectivity index (χ3n) is 3.72. The first-order valence-corrected chi connectivity index (χ1v) is 9.19. The molecule has 0 bridgehead atoms. The average Bonchev–Trinajstić information content (AvgIpc) is 2.54. The van der Waals surface area contributed by atoms with E-state index in [0.29, 0.717) is 38.5 Å². The van der Waals surface area contributed by atoms with Gasteiger partial charge in [-0.05, 0) is 12.1 Å². The SMILES string of the molecule is C[NH+](C)CCNS(=O)(=O)c1ccc(N2CCOCC2)c([N+](=O)[O-])c1. The van der Waals surface area contributed by atoms with Gasteiger partial charge in [-0.2, -0.15) is 0 Å². The predicted molar refractivity (Wildman–Crippen MR) is 89.0 cm³/mol. The minimum Gasteiger partial charge on any atom is -0.378 e. The standard InChI is InChI=1S/C14H22N4O5S/c1-16(2)6-5-15-24(21,22)12-3-4-13(14(11-12)18(19)20)17-7-9-23-10-8-17/h3-4,11,15H,5-10H2,1-2H3/p+1. The normalized spacial score (nSPS) is 15.7. The Morgan fingerprint density at radius 3 is 2.58 bits per heavy atom. The molecule has 0 unspecified atom stereocenters. The zero-order valence-corrected chi connectivity index (χ0v) is 14.6. The van der Waals surface area contributed by atoms with Crippen LogP contribution >= 0.6 is 0 Å². The minimum absolute atomic E-state index is 0.0973. The molecule has 1 fully saturated rings. The quantitative estimate of drug-likeness (QED) is 0.471. The predicted octanol–water partition coefficient (Wildman–Crippen LogP) is -1.15. The van der Waals surface area contributed by atoms with Crippen LogP contribution < -0.4 is 14.5 Å². The van der Waals surface area contributed by atoms with E-state index in [0.717, 1.165) is 11.0 Å². The zero-order valence-electron chi connectivity index (χ0n) is 13.8. The van der Waals surface area contributed by atoms with Crippen LogP contribution in [-0.4, -0.2) is 66.8 Å². The third-order valence-corrected chi connectivity index (χ3v) is 5.18. The van der Waals surface area contributed by atoms with Gasteiger partial charge in [0.25, 0.3) is 5.69 Å². The van der Waals surface area contributed by atoms with Gasteiger partial charge in [0, 0.05) is 19.2 Å². The van der Waals surface area contributed by atoms with Gasteiger partial charge in [0.05, 0.1) is 50.2 Å². The van der Waals surface area contributed by atoms with Crippen LogP contribution in [0.5, 0.6) is 0 Å². The number of hydrogen-bond donors (Lipinski definition) is 2. The number of sulfonamides is 1. The van der Waals surface area contributed by atoms with E-state index >= 15 is 0 Å². The number of nitrogens with one attached hydrogen (secondary N) is 2. The molecular formula is C14H23N4O5S+. The molecule has 1 aromatic carbocycles. The lowest BCUT2D eigenvalue weighted by Gasteiger charge is -2.28. The molecule has 0 amide bonds. The summed E-state index contributed by atoms with van der Waals surface area (Å²) in [6, 6.07) is 4.02. The minimum atomic E-state index is -3.77. The van der Waals surface area contributed by atoms with Gasteiger partial charge in [-0.3, -0.25) is 10.1 Å². The van der Waals surface area contributed by atoms with Gasteiger partial charge in [-0.15, -0.1) is 0 Å². The van der Waals surface area contributed by atoms with E-state index in [1.54, 1.807) is 0 Å². The summed E-state index contributed by atoms with van der Waals surface area (Å²) in [6.07, 6.45) is 0. The molecule has 0 saturated carbocycles. The van der Waals surface area contributed by atoms with E-state index in [-0.39, 0.29) is 17.1 Å². The molecule has 24 heavy (non-hydrogen) atoms. The molecule has 9 nitrogen and oxygen atoms in total. The lowest BCUT2D eigenvalue weighted by atomic mass is 10.2. The number of nitro groups is 1. The summed E-state index contributed by atoms with van der Waals surface area (Å²) in [7, 11) is 0.0555. The van der Waals surface area contributed by atoms with E-state index < -0.39 is 14.9 Å². The fourth-order valence-corrected chi connectivity index (χ4v) is 3.46. The Hall–Kier alpha value is -1.75. The van der Waals surface area contributed by atoms with E-state index in [9.17, 15) is 18.5 Å². The van der Waals surface area contributed by atoms with Gasteiger partial charge >= 0.3 is 0 Å². The van der Waals surface area contributed by atoms with Gasteiger partial charge < -0.3 is 14.5 Å². The fourth-order valence-electron chi connectivity index (χ4n) is 2.41. The Morgan fingerprint density at radius 2 is 2.00 bits per heavy atom. The smallest absolute Gasteiger partial charge is 0.293 e. The van der Waals surface area contributed by atoms with Gasteiger partial charge in [0.15, 0.2) is 0 Å².